The number of fused-ring (bicyclic) bond motifs is 1. The molecule has 4 aromatic rings. The summed E-state index contributed by atoms with van der Waals surface area (Å²) in [6, 6.07) is 10.0. The van der Waals surface area contributed by atoms with E-state index in [4.69, 9.17) is 16.9 Å². The molecule has 0 aliphatic heterocycles. The van der Waals surface area contributed by atoms with Crippen LogP contribution in [0.15, 0.2) is 73.3 Å². The average Bonchev–Trinajstić information content (AvgIpc) is 3.86. The first kappa shape index (κ1) is 43.3. The number of guanidine groups is 1. The van der Waals surface area contributed by atoms with E-state index in [0.717, 1.165) is 10.9 Å². The summed E-state index contributed by atoms with van der Waals surface area (Å²) in [7, 11) is 0. The van der Waals surface area contributed by atoms with Gasteiger partial charge in [-0.2, -0.15) is 12.6 Å². The van der Waals surface area contributed by atoms with E-state index >= 15 is 0 Å². The normalized spacial score (nSPS) is 13.6. The van der Waals surface area contributed by atoms with Crippen LogP contribution < -0.4 is 43.4 Å². The van der Waals surface area contributed by atoms with Crippen LogP contribution in [-0.2, 0) is 48.0 Å². The highest BCUT2D eigenvalue weighted by molar-refractivity contribution is 7.80. The van der Waals surface area contributed by atoms with Gasteiger partial charge in [-0.25, -0.2) is 9.78 Å². The summed E-state index contributed by atoms with van der Waals surface area (Å²) >= 11 is 4.25. The number of aromatic amines is 2. The van der Waals surface area contributed by atoms with Crippen molar-refractivity contribution in [2.75, 3.05) is 18.8 Å². The Balaban J connectivity index is 1.48. The molecule has 14 N–H and O–H groups in total. The number of carbonyl (C=O) groups is 6. The predicted octanol–water partition coefficient (Wildman–Crippen LogP) is -1.42. The summed E-state index contributed by atoms with van der Waals surface area (Å²) in [5.41, 5.74) is 14.1. The summed E-state index contributed by atoms with van der Waals surface area (Å²) in [4.78, 5) is 88.9. The van der Waals surface area contributed by atoms with Crippen molar-refractivity contribution in [1.82, 2.24) is 46.9 Å². The first-order chi connectivity index (χ1) is 27.3. The van der Waals surface area contributed by atoms with Crippen LogP contribution in [0.5, 0.6) is 0 Å². The summed E-state index contributed by atoms with van der Waals surface area (Å²) < 4.78 is 0. The quantitative estimate of drug-likeness (QED) is 0.0189. The third-order valence-electron chi connectivity index (χ3n) is 8.83. The highest BCUT2D eigenvalue weighted by atomic mass is 32.1. The van der Waals surface area contributed by atoms with Gasteiger partial charge in [-0.15, -0.1) is 0 Å². The van der Waals surface area contributed by atoms with Crippen molar-refractivity contribution in [3.63, 3.8) is 0 Å². The number of carboxylic acids is 1. The van der Waals surface area contributed by atoms with Crippen LogP contribution in [0.25, 0.3) is 10.9 Å². The number of rotatable bonds is 22. The minimum atomic E-state index is -1.28. The third-order valence-corrected chi connectivity index (χ3v) is 9.19. The Morgan fingerprint density at radius 2 is 1.47 bits per heavy atom. The zero-order valence-corrected chi connectivity index (χ0v) is 31.8. The van der Waals surface area contributed by atoms with Crippen LogP contribution in [0.3, 0.4) is 0 Å². The molecule has 0 aliphatic carbocycles. The Kier molecular flexibility index (Phi) is 16.4. The van der Waals surface area contributed by atoms with Gasteiger partial charge in [-0.1, -0.05) is 48.5 Å². The molecular weight excluding hydrogens is 757 g/mol. The molecule has 0 saturated heterocycles. The highest BCUT2D eigenvalue weighted by Gasteiger charge is 2.31. The average molecular weight is 805 g/mol. The summed E-state index contributed by atoms with van der Waals surface area (Å²) in [5, 5.41) is 33.3. The highest BCUT2D eigenvalue weighted by Crippen LogP contribution is 2.19. The number of aliphatic carboxylic acids is 1. The van der Waals surface area contributed by atoms with Crippen molar-refractivity contribution in [1.29, 1.82) is 5.41 Å². The van der Waals surface area contributed by atoms with E-state index in [0.29, 0.717) is 16.8 Å². The minimum absolute atomic E-state index is 0.0108. The van der Waals surface area contributed by atoms with E-state index in [1.807, 2.05) is 24.3 Å². The van der Waals surface area contributed by atoms with E-state index in [9.17, 15) is 33.9 Å². The second-order valence-corrected chi connectivity index (χ2v) is 13.5. The first-order valence-electron chi connectivity index (χ1n) is 18.1. The van der Waals surface area contributed by atoms with Gasteiger partial charge in [0.25, 0.3) is 0 Å². The van der Waals surface area contributed by atoms with Crippen molar-refractivity contribution < 1.29 is 33.9 Å². The largest absolute Gasteiger partial charge is 0.480 e. The second kappa shape index (κ2) is 21.6. The number of aromatic nitrogens is 3. The molecule has 2 aromatic carbocycles. The number of nitrogens with one attached hydrogen (secondary N) is 9. The number of hydrogen-bond donors (Lipinski definition) is 13. The Labute approximate surface area is 333 Å². The zero-order chi connectivity index (χ0) is 41.3. The lowest BCUT2D eigenvalue weighted by Gasteiger charge is -2.25. The predicted molar refractivity (Wildman–Crippen MR) is 214 cm³/mol. The molecule has 2 aromatic heterocycles. The Bertz CT molecular complexity index is 1990. The Morgan fingerprint density at radius 3 is 2.16 bits per heavy atom. The van der Waals surface area contributed by atoms with E-state index in [1.54, 1.807) is 42.7 Å². The topological polar surface area (TPSA) is 315 Å². The molecule has 20 heteroatoms. The number of benzene rings is 2. The van der Waals surface area contributed by atoms with Crippen LogP contribution >= 0.6 is 12.6 Å². The molecule has 0 bridgehead atoms. The monoisotopic (exact) mass is 804 g/mol. The molecule has 0 fully saturated rings. The van der Waals surface area contributed by atoms with Gasteiger partial charge in [0.2, 0.25) is 29.5 Å². The number of H-pyrrole nitrogens is 2. The number of nitrogens with two attached hydrogens (primary N) is 2. The number of carboxylic acid groups (broad SMARTS) is 1. The van der Waals surface area contributed by atoms with Gasteiger partial charge in [0.05, 0.1) is 24.6 Å². The molecule has 304 valence electrons. The molecule has 19 nitrogen and oxygen atoms in total. The van der Waals surface area contributed by atoms with E-state index in [1.165, 1.54) is 6.33 Å². The van der Waals surface area contributed by atoms with Gasteiger partial charge in [0.1, 0.15) is 24.2 Å². The van der Waals surface area contributed by atoms with Crippen molar-refractivity contribution in [3.8, 4) is 0 Å². The lowest BCUT2D eigenvalue weighted by atomic mass is 10.0. The SMILES string of the molecule is N=C(N)NCCC[C@H](NC(=O)[C@H](Cc1c[nH]c2ccccc12)NC(=O)[C@H](CS)NC(=O)[C@@H](N)Cc1c[nH]cn1)C(=O)NCC(=O)N[C@@H](Cc1ccccc1)C(=O)O. The molecule has 0 saturated carbocycles. The maximum atomic E-state index is 14.1. The summed E-state index contributed by atoms with van der Waals surface area (Å²) in [6.45, 7) is -0.424. The summed E-state index contributed by atoms with van der Waals surface area (Å²) in [5.74, 6) is -5.37. The maximum Gasteiger partial charge on any atom is 0.326 e. The maximum absolute atomic E-state index is 14.1. The number of thiol groups is 1. The molecule has 0 unspecified atom stereocenters. The molecule has 5 amide bonds. The van der Waals surface area contributed by atoms with Crippen LogP contribution in [0.1, 0.15) is 29.7 Å². The van der Waals surface area contributed by atoms with Crippen molar-refractivity contribution >= 4 is 65.0 Å². The van der Waals surface area contributed by atoms with Crippen LogP contribution in [0.2, 0.25) is 0 Å². The lowest BCUT2D eigenvalue weighted by Crippen LogP contribution is -2.59. The standard InChI is InChI=1S/C37H48N12O7S/c38-25(15-23-17-41-20-45-23)32(51)49-30(19-57)35(54)48-28(14-22-16-43-26-10-5-4-9-24(22)26)34(53)47-27(11-6-12-42-37(39)40)33(52)44-18-31(50)46-29(36(55)56)13-21-7-2-1-3-8-21/h1-5,7-10,16-17,20,25,27-30,43,57H,6,11-15,18-19,38H2,(H,41,45)(H,44,52)(H,46,50)(H,47,53)(H,48,54)(H,49,51)(H,55,56)(H4,39,40,42)/t25-,27-,28-,29-,30-/m0/s1. The van der Waals surface area contributed by atoms with Gasteiger partial charge in [-0.05, 0) is 30.0 Å². The number of hydrogen-bond acceptors (Lipinski definition) is 10. The van der Waals surface area contributed by atoms with Gasteiger partial charge >= 0.3 is 5.97 Å². The summed E-state index contributed by atoms with van der Waals surface area (Å²) in [6.07, 6.45) is 5.07. The van der Waals surface area contributed by atoms with Crippen LogP contribution in [0, 0.1) is 5.41 Å². The number of nitrogens with zero attached hydrogens (tertiary/aromatic N) is 1. The van der Waals surface area contributed by atoms with E-state index in [-0.39, 0.29) is 50.4 Å². The first-order valence-corrected chi connectivity index (χ1v) is 18.7. The molecule has 57 heavy (non-hydrogen) atoms. The molecule has 5 atom stereocenters. The number of amides is 5. The molecular formula is C37H48N12O7S. The molecule has 2 heterocycles. The zero-order valence-electron chi connectivity index (χ0n) is 30.9. The van der Waals surface area contributed by atoms with Crippen molar-refractivity contribution in [2.24, 2.45) is 11.5 Å². The van der Waals surface area contributed by atoms with Gasteiger partial charge in [-0.3, -0.25) is 29.4 Å². The van der Waals surface area contributed by atoms with Crippen LogP contribution in [-0.4, -0.2) is 111 Å². The fourth-order valence-electron chi connectivity index (χ4n) is 5.85. The lowest BCUT2D eigenvalue weighted by molar-refractivity contribution is -0.141. The van der Waals surface area contributed by atoms with Crippen LogP contribution in [0.4, 0.5) is 0 Å². The van der Waals surface area contributed by atoms with Crippen molar-refractivity contribution in [2.45, 2.75) is 62.3 Å². The number of carbonyl (C=O) groups excluding carboxylic acids is 5. The third kappa shape index (κ3) is 13.7. The number of imidazole rings is 1. The Morgan fingerprint density at radius 1 is 0.789 bits per heavy atom. The fraction of sp³-hybridized carbons (Fsp3) is 0.351. The smallest absolute Gasteiger partial charge is 0.326 e. The minimum Gasteiger partial charge on any atom is -0.480 e. The molecule has 0 spiro atoms. The van der Waals surface area contributed by atoms with E-state index < -0.39 is 72.3 Å². The molecule has 0 aliphatic rings. The van der Waals surface area contributed by atoms with Gasteiger partial charge in [0.15, 0.2) is 5.96 Å². The number of para-hydroxylation sites is 1. The fourth-order valence-corrected chi connectivity index (χ4v) is 6.11. The van der Waals surface area contributed by atoms with Gasteiger partial charge < -0.3 is 58.4 Å². The molecule has 0 radical (unpaired) electrons. The van der Waals surface area contributed by atoms with Gasteiger partial charge in [0, 0.05) is 54.9 Å². The van der Waals surface area contributed by atoms with E-state index in [2.05, 4.69) is 59.5 Å². The van der Waals surface area contributed by atoms with Crippen molar-refractivity contribution in [3.05, 3.63) is 90.1 Å². The second-order valence-electron chi connectivity index (χ2n) is 13.1. The molecule has 4 rings (SSSR count). The Hall–Kier alpha value is -6.41.